The highest BCUT2D eigenvalue weighted by Gasteiger charge is 2.22. The van der Waals surface area contributed by atoms with Crippen molar-refractivity contribution in [1.29, 1.82) is 0 Å². The fraction of sp³-hybridized carbons (Fsp3) is 0.222. The van der Waals surface area contributed by atoms with E-state index in [-0.39, 0.29) is 16.5 Å². The van der Waals surface area contributed by atoms with Crippen molar-refractivity contribution in [2.75, 3.05) is 26.5 Å². The topological polar surface area (TPSA) is 88.6 Å². The molecule has 10 heteroatoms. The van der Waals surface area contributed by atoms with E-state index in [2.05, 4.69) is 10.3 Å². The number of thiazole rings is 1. The lowest BCUT2D eigenvalue weighted by Crippen LogP contribution is -2.22. The number of methoxy groups -OCH3 is 1. The lowest BCUT2D eigenvalue weighted by atomic mass is 10.2. The molecule has 0 atom stereocenters. The quantitative estimate of drug-likeness (QED) is 0.635. The van der Waals surface area contributed by atoms with Gasteiger partial charge in [-0.05, 0) is 36.6 Å². The minimum atomic E-state index is -3.64. The van der Waals surface area contributed by atoms with E-state index in [1.807, 2.05) is 17.5 Å². The Morgan fingerprint density at radius 2 is 2.00 bits per heavy atom. The van der Waals surface area contributed by atoms with Crippen molar-refractivity contribution >= 4 is 44.3 Å². The van der Waals surface area contributed by atoms with Gasteiger partial charge in [-0.15, -0.1) is 22.7 Å². The average molecular weight is 438 g/mol. The highest BCUT2D eigenvalue weighted by Crippen LogP contribution is 2.33. The molecule has 1 N–H and O–H groups in total. The average Bonchev–Trinajstić information content (AvgIpc) is 3.31. The Balaban J connectivity index is 1.94. The molecule has 0 radical (unpaired) electrons. The van der Waals surface area contributed by atoms with Gasteiger partial charge in [0.05, 0.1) is 28.3 Å². The first-order valence-electron chi connectivity index (χ1n) is 8.17. The van der Waals surface area contributed by atoms with Gasteiger partial charge in [-0.1, -0.05) is 6.07 Å². The van der Waals surface area contributed by atoms with Crippen LogP contribution in [0.2, 0.25) is 0 Å². The molecule has 1 amide bonds. The number of aromatic nitrogens is 1. The van der Waals surface area contributed by atoms with Crippen LogP contribution in [-0.4, -0.2) is 44.8 Å². The van der Waals surface area contributed by atoms with Crippen molar-refractivity contribution in [2.45, 2.75) is 11.8 Å². The number of nitrogens with zero attached hydrogens (tertiary/aromatic N) is 2. The molecule has 1 aromatic carbocycles. The maximum atomic E-state index is 12.8. The SMILES string of the molecule is COc1ccc(S(=O)(=O)N(C)C)cc1NC(=O)c1sc(-c2cccs2)nc1C. The third-order valence-corrected chi connectivity index (χ3v) is 7.94. The van der Waals surface area contributed by atoms with Crippen molar-refractivity contribution in [1.82, 2.24) is 9.29 Å². The summed E-state index contributed by atoms with van der Waals surface area (Å²) < 4.78 is 31.2. The van der Waals surface area contributed by atoms with Gasteiger partial charge in [-0.2, -0.15) is 0 Å². The molecule has 148 valence electrons. The smallest absolute Gasteiger partial charge is 0.267 e. The first-order chi connectivity index (χ1) is 13.2. The highest BCUT2D eigenvalue weighted by molar-refractivity contribution is 7.89. The molecule has 7 nitrogen and oxygen atoms in total. The van der Waals surface area contributed by atoms with Crippen LogP contribution in [0, 0.1) is 6.92 Å². The molecule has 0 fully saturated rings. The van der Waals surface area contributed by atoms with Gasteiger partial charge >= 0.3 is 0 Å². The van der Waals surface area contributed by atoms with Crippen LogP contribution in [-0.2, 0) is 10.0 Å². The van der Waals surface area contributed by atoms with Gasteiger partial charge in [-0.3, -0.25) is 4.79 Å². The molecule has 0 spiro atoms. The Hall–Kier alpha value is -2.27. The Kier molecular flexibility index (Phi) is 5.84. The first kappa shape index (κ1) is 20.5. The lowest BCUT2D eigenvalue weighted by molar-refractivity contribution is 0.102. The molecule has 0 saturated carbocycles. The number of hydrogen-bond donors (Lipinski definition) is 1. The monoisotopic (exact) mass is 437 g/mol. The number of benzene rings is 1. The fourth-order valence-electron chi connectivity index (χ4n) is 2.45. The zero-order valence-corrected chi connectivity index (χ0v) is 18.2. The molecule has 28 heavy (non-hydrogen) atoms. The molecular weight excluding hydrogens is 418 g/mol. The van der Waals surface area contributed by atoms with Gasteiger partial charge < -0.3 is 10.1 Å². The molecule has 2 heterocycles. The molecule has 0 aliphatic heterocycles. The fourth-order valence-corrected chi connectivity index (χ4v) is 5.13. The van der Waals surface area contributed by atoms with Crippen LogP contribution in [0.1, 0.15) is 15.4 Å². The van der Waals surface area contributed by atoms with Gasteiger partial charge in [0, 0.05) is 14.1 Å². The number of rotatable bonds is 6. The number of carbonyl (C=O) groups is 1. The third-order valence-electron chi connectivity index (χ3n) is 3.93. The van der Waals surface area contributed by atoms with Crippen LogP contribution < -0.4 is 10.1 Å². The number of carbonyl (C=O) groups excluding carboxylic acids is 1. The third kappa shape index (κ3) is 3.95. The van der Waals surface area contributed by atoms with E-state index in [0.717, 1.165) is 14.2 Å². The number of thiophene rings is 1. The molecule has 2 aromatic heterocycles. The summed E-state index contributed by atoms with van der Waals surface area (Å²) in [6, 6.07) is 8.23. The number of anilines is 1. The van der Waals surface area contributed by atoms with Crippen molar-refractivity contribution in [3.8, 4) is 15.6 Å². The zero-order chi connectivity index (χ0) is 20.5. The van der Waals surface area contributed by atoms with Crippen LogP contribution in [0.5, 0.6) is 5.75 Å². The second-order valence-electron chi connectivity index (χ2n) is 6.01. The van der Waals surface area contributed by atoms with E-state index in [1.54, 1.807) is 18.3 Å². The number of sulfonamides is 1. The largest absolute Gasteiger partial charge is 0.495 e. The predicted molar refractivity (Wildman–Crippen MR) is 112 cm³/mol. The summed E-state index contributed by atoms with van der Waals surface area (Å²) in [4.78, 5) is 18.8. The summed E-state index contributed by atoms with van der Waals surface area (Å²) in [5.41, 5.74) is 0.892. The number of amides is 1. The van der Waals surface area contributed by atoms with Gasteiger partial charge in [0.15, 0.2) is 0 Å². The minimum Gasteiger partial charge on any atom is -0.495 e. The van der Waals surface area contributed by atoms with Gasteiger partial charge in [0.2, 0.25) is 10.0 Å². The molecule has 0 aliphatic carbocycles. The molecular formula is C18H19N3O4S3. The van der Waals surface area contributed by atoms with E-state index >= 15 is 0 Å². The Labute approximate surface area is 171 Å². The summed E-state index contributed by atoms with van der Waals surface area (Å²) >= 11 is 2.84. The van der Waals surface area contributed by atoms with Crippen LogP contribution in [0.3, 0.4) is 0 Å². The van der Waals surface area contributed by atoms with Gasteiger partial charge in [0.25, 0.3) is 5.91 Å². The van der Waals surface area contributed by atoms with Crippen LogP contribution in [0.4, 0.5) is 5.69 Å². The molecule has 0 bridgehead atoms. The molecule has 0 saturated heterocycles. The summed E-state index contributed by atoms with van der Waals surface area (Å²) in [5.74, 6) is 0.00205. The molecule has 3 rings (SSSR count). The standard InChI is InChI=1S/C18H19N3O4S3/c1-11-16(27-18(19-11)15-6-5-9-26-15)17(22)20-13-10-12(7-8-14(13)25-4)28(23,24)21(2)3/h5-10H,1-4H3,(H,20,22). The summed E-state index contributed by atoms with van der Waals surface area (Å²) in [6.45, 7) is 1.77. The van der Waals surface area contributed by atoms with Crippen LogP contribution in [0.15, 0.2) is 40.6 Å². The van der Waals surface area contributed by atoms with E-state index in [1.165, 1.54) is 50.7 Å². The number of hydrogen-bond acceptors (Lipinski definition) is 7. The second kappa shape index (κ2) is 8.00. The van der Waals surface area contributed by atoms with E-state index in [0.29, 0.717) is 16.3 Å². The number of nitrogens with one attached hydrogen (secondary N) is 1. The maximum Gasteiger partial charge on any atom is 0.267 e. The Morgan fingerprint density at radius 3 is 2.61 bits per heavy atom. The Morgan fingerprint density at radius 1 is 1.25 bits per heavy atom. The van der Waals surface area contributed by atoms with Crippen LogP contribution in [0.25, 0.3) is 9.88 Å². The Bertz CT molecular complexity index is 1100. The van der Waals surface area contributed by atoms with Crippen molar-refractivity contribution in [3.63, 3.8) is 0 Å². The summed E-state index contributed by atoms with van der Waals surface area (Å²) in [6.07, 6.45) is 0. The zero-order valence-electron chi connectivity index (χ0n) is 15.7. The van der Waals surface area contributed by atoms with Crippen molar-refractivity contribution in [2.24, 2.45) is 0 Å². The highest BCUT2D eigenvalue weighted by atomic mass is 32.2. The van der Waals surface area contributed by atoms with E-state index in [4.69, 9.17) is 4.74 Å². The lowest BCUT2D eigenvalue weighted by Gasteiger charge is -2.15. The number of ether oxygens (including phenoxy) is 1. The van der Waals surface area contributed by atoms with Crippen LogP contribution >= 0.6 is 22.7 Å². The van der Waals surface area contributed by atoms with Gasteiger partial charge in [0.1, 0.15) is 15.6 Å². The summed E-state index contributed by atoms with van der Waals surface area (Å²) in [7, 11) is 0.714. The molecule has 0 unspecified atom stereocenters. The van der Waals surface area contributed by atoms with E-state index < -0.39 is 10.0 Å². The minimum absolute atomic E-state index is 0.0638. The molecule has 0 aliphatic rings. The van der Waals surface area contributed by atoms with Gasteiger partial charge in [-0.25, -0.2) is 17.7 Å². The second-order valence-corrected chi connectivity index (χ2v) is 10.1. The number of aryl methyl sites for hydroxylation is 1. The van der Waals surface area contributed by atoms with Crippen molar-refractivity contribution in [3.05, 3.63) is 46.3 Å². The normalized spacial score (nSPS) is 11.6. The molecule has 3 aromatic rings. The summed E-state index contributed by atoms with van der Waals surface area (Å²) in [5, 5.41) is 5.48. The van der Waals surface area contributed by atoms with E-state index in [9.17, 15) is 13.2 Å². The maximum absolute atomic E-state index is 12.8. The predicted octanol–water partition coefficient (Wildman–Crippen LogP) is 3.69. The first-order valence-corrected chi connectivity index (χ1v) is 11.3. The van der Waals surface area contributed by atoms with Crippen molar-refractivity contribution < 1.29 is 17.9 Å².